The highest BCUT2D eigenvalue weighted by atomic mass is 19.1. The summed E-state index contributed by atoms with van der Waals surface area (Å²) in [6.07, 6.45) is 6.05. The number of halogens is 1. The lowest BCUT2D eigenvalue weighted by molar-refractivity contribution is 0.522. The van der Waals surface area contributed by atoms with E-state index in [1.165, 1.54) is 31.7 Å². The molecule has 0 saturated heterocycles. The predicted octanol–water partition coefficient (Wildman–Crippen LogP) is 4.72. The van der Waals surface area contributed by atoms with Crippen LogP contribution in [0.3, 0.4) is 0 Å². The molecule has 1 aromatic carbocycles. The Hall–Kier alpha value is -1.56. The van der Waals surface area contributed by atoms with Crippen LogP contribution in [-0.2, 0) is 0 Å². The molecule has 0 saturated carbocycles. The number of nitrogens with one attached hydrogen (secondary N) is 1. The summed E-state index contributed by atoms with van der Waals surface area (Å²) < 4.78 is 13.5. The zero-order valence-electron chi connectivity index (χ0n) is 11.9. The Kier molecular flexibility index (Phi) is 6.95. The molecule has 0 amide bonds. The van der Waals surface area contributed by atoms with Crippen molar-refractivity contribution in [1.82, 2.24) is 0 Å². The Labute approximate surface area is 115 Å². The minimum absolute atomic E-state index is 0.348. The van der Waals surface area contributed by atoms with Crippen LogP contribution in [0.5, 0.6) is 0 Å². The lowest BCUT2D eigenvalue weighted by atomic mass is 10.0. The SMILES string of the molecule is CC(C)CCCCCCNc1ccc(C#N)cc1F. The molecule has 19 heavy (non-hydrogen) atoms. The second-order valence-electron chi connectivity index (χ2n) is 5.33. The summed E-state index contributed by atoms with van der Waals surface area (Å²) in [6, 6.07) is 6.46. The molecule has 0 spiro atoms. The van der Waals surface area contributed by atoms with Crippen LogP contribution in [0, 0.1) is 23.1 Å². The molecule has 2 nitrogen and oxygen atoms in total. The molecule has 3 heteroatoms. The van der Waals surface area contributed by atoms with Crippen molar-refractivity contribution in [2.75, 3.05) is 11.9 Å². The molecule has 1 aromatic rings. The van der Waals surface area contributed by atoms with Crippen LogP contribution in [0.15, 0.2) is 18.2 Å². The van der Waals surface area contributed by atoms with Gasteiger partial charge in [-0.3, -0.25) is 0 Å². The zero-order valence-corrected chi connectivity index (χ0v) is 11.9. The number of nitriles is 1. The number of anilines is 1. The van der Waals surface area contributed by atoms with E-state index in [1.54, 1.807) is 12.1 Å². The van der Waals surface area contributed by atoms with E-state index in [1.807, 2.05) is 6.07 Å². The molecular formula is C16H23FN2. The first-order chi connectivity index (χ1) is 9.13. The molecule has 0 atom stereocenters. The Bertz CT molecular complexity index is 421. The van der Waals surface area contributed by atoms with Crippen molar-refractivity contribution >= 4 is 5.69 Å². The lowest BCUT2D eigenvalue weighted by Crippen LogP contribution is -2.03. The highest BCUT2D eigenvalue weighted by molar-refractivity contribution is 5.48. The molecular weight excluding hydrogens is 239 g/mol. The minimum Gasteiger partial charge on any atom is -0.383 e. The van der Waals surface area contributed by atoms with Crippen molar-refractivity contribution in [3.8, 4) is 6.07 Å². The fourth-order valence-electron chi connectivity index (χ4n) is 1.98. The van der Waals surface area contributed by atoms with E-state index in [0.29, 0.717) is 11.3 Å². The summed E-state index contributed by atoms with van der Waals surface area (Å²) in [5, 5.41) is 11.7. The van der Waals surface area contributed by atoms with E-state index >= 15 is 0 Å². The molecule has 1 N–H and O–H groups in total. The van der Waals surface area contributed by atoms with Crippen LogP contribution in [0.4, 0.5) is 10.1 Å². The Morgan fingerprint density at radius 3 is 2.58 bits per heavy atom. The molecule has 0 unspecified atom stereocenters. The molecule has 0 bridgehead atoms. The van der Waals surface area contributed by atoms with Gasteiger partial charge in [0.1, 0.15) is 5.82 Å². The van der Waals surface area contributed by atoms with E-state index in [9.17, 15) is 4.39 Å². The van der Waals surface area contributed by atoms with Crippen molar-refractivity contribution < 1.29 is 4.39 Å². The van der Waals surface area contributed by atoms with Gasteiger partial charge in [-0.1, -0.05) is 39.5 Å². The van der Waals surface area contributed by atoms with E-state index < -0.39 is 0 Å². The quantitative estimate of drug-likeness (QED) is 0.688. The summed E-state index contributed by atoms with van der Waals surface area (Å²) >= 11 is 0. The fraction of sp³-hybridized carbons (Fsp3) is 0.562. The predicted molar refractivity (Wildman–Crippen MR) is 77.5 cm³/mol. The maximum absolute atomic E-state index is 13.5. The van der Waals surface area contributed by atoms with E-state index in [2.05, 4.69) is 19.2 Å². The minimum atomic E-state index is -0.348. The van der Waals surface area contributed by atoms with Crippen LogP contribution in [0.1, 0.15) is 51.5 Å². The largest absolute Gasteiger partial charge is 0.383 e. The van der Waals surface area contributed by atoms with Crippen molar-refractivity contribution in [2.24, 2.45) is 5.92 Å². The maximum atomic E-state index is 13.5. The maximum Gasteiger partial charge on any atom is 0.147 e. The number of hydrogen-bond acceptors (Lipinski definition) is 2. The summed E-state index contributed by atoms with van der Waals surface area (Å²) in [6.45, 7) is 5.27. The average molecular weight is 262 g/mol. The molecule has 1 rings (SSSR count). The van der Waals surface area contributed by atoms with E-state index in [-0.39, 0.29) is 5.82 Å². The normalized spacial score (nSPS) is 10.5. The Morgan fingerprint density at radius 2 is 1.95 bits per heavy atom. The summed E-state index contributed by atoms with van der Waals surface area (Å²) in [5.41, 5.74) is 0.845. The van der Waals surface area contributed by atoms with Crippen LogP contribution in [-0.4, -0.2) is 6.54 Å². The van der Waals surface area contributed by atoms with Crippen molar-refractivity contribution in [1.29, 1.82) is 5.26 Å². The molecule has 0 aliphatic carbocycles. The number of nitrogens with zero attached hydrogens (tertiary/aromatic N) is 1. The van der Waals surface area contributed by atoms with Crippen LogP contribution >= 0.6 is 0 Å². The average Bonchev–Trinajstić information content (AvgIpc) is 2.38. The van der Waals surface area contributed by atoms with E-state index in [0.717, 1.165) is 18.9 Å². The molecule has 0 aliphatic heterocycles. The topological polar surface area (TPSA) is 35.8 Å². The first-order valence-corrected chi connectivity index (χ1v) is 7.07. The first kappa shape index (κ1) is 15.5. The number of hydrogen-bond donors (Lipinski definition) is 1. The molecule has 104 valence electrons. The third kappa shape index (κ3) is 6.24. The van der Waals surface area contributed by atoms with Gasteiger partial charge in [-0.2, -0.15) is 5.26 Å². The molecule has 0 heterocycles. The van der Waals surface area contributed by atoms with Crippen molar-refractivity contribution in [3.63, 3.8) is 0 Å². The summed E-state index contributed by atoms with van der Waals surface area (Å²) in [5.74, 6) is 0.435. The standard InChI is InChI=1S/C16H23FN2/c1-13(2)7-5-3-4-6-10-19-16-9-8-14(12-18)11-15(16)17/h8-9,11,13,19H,3-7,10H2,1-2H3. The summed E-state index contributed by atoms with van der Waals surface area (Å²) in [7, 11) is 0. The number of rotatable bonds is 8. The van der Waals surface area contributed by atoms with Crippen LogP contribution in [0.25, 0.3) is 0 Å². The zero-order chi connectivity index (χ0) is 14.1. The van der Waals surface area contributed by atoms with Crippen LogP contribution < -0.4 is 5.32 Å². The number of unbranched alkanes of at least 4 members (excludes halogenated alkanes) is 3. The Balaban J connectivity index is 2.18. The second kappa shape index (κ2) is 8.53. The lowest BCUT2D eigenvalue weighted by Gasteiger charge is -2.08. The van der Waals surface area contributed by atoms with Gasteiger partial charge in [0.2, 0.25) is 0 Å². The molecule has 0 aromatic heterocycles. The van der Waals surface area contributed by atoms with Gasteiger partial charge in [0.15, 0.2) is 0 Å². The third-order valence-corrected chi connectivity index (χ3v) is 3.12. The summed E-state index contributed by atoms with van der Waals surface area (Å²) in [4.78, 5) is 0. The second-order valence-corrected chi connectivity index (χ2v) is 5.33. The number of benzene rings is 1. The van der Waals surface area contributed by atoms with Gasteiger partial charge in [-0.15, -0.1) is 0 Å². The van der Waals surface area contributed by atoms with Gasteiger partial charge in [-0.05, 0) is 30.5 Å². The van der Waals surface area contributed by atoms with Gasteiger partial charge < -0.3 is 5.32 Å². The molecule has 0 radical (unpaired) electrons. The highest BCUT2D eigenvalue weighted by Crippen LogP contribution is 2.16. The van der Waals surface area contributed by atoms with Gasteiger partial charge in [0, 0.05) is 6.54 Å². The van der Waals surface area contributed by atoms with Gasteiger partial charge in [0.05, 0.1) is 17.3 Å². The van der Waals surface area contributed by atoms with Gasteiger partial charge in [-0.25, -0.2) is 4.39 Å². The first-order valence-electron chi connectivity index (χ1n) is 7.07. The monoisotopic (exact) mass is 262 g/mol. The smallest absolute Gasteiger partial charge is 0.147 e. The van der Waals surface area contributed by atoms with Crippen molar-refractivity contribution in [3.05, 3.63) is 29.6 Å². The van der Waals surface area contributed by atoms with Gasteiger partial charge >= 0.3 is 0 Å². The molecule has 0 fully saturated rings. The highest BCUT2D eigenvalue weighted by Gasteiger charge is 2.02. The van der Waals surface area contributed by atoms with Crippen molar-refractivity contribution in [2.45, 2.75) is 46.0 Å². The molecule has 0 aliphatic rings. The Morgan fingerprint density at radius 1 is 1.21 bits per heavy atom. The fourth-order valence-corrected chi connectivity index (χ4v) is 1.98. The van der Waals surface area contributed by atoms with E-state index in [4.69, 9.17) is 5.26 Å². The van der Waals surface area contributed by atoms with Crippen LogP contribution in [0.2, 0.25) is 0 Å². The third-order valence-electron chi connectivity index (χ3n) is 3.12. The van der Waals surface area contributed by atoms with Gasteiger partial charge in [0.25, 0.3) is 0 Å².